The largest absolute Gasteiger partial charge is 0.327 e. The van der Waals surface area contributed by atoms with Gasteiger partial charge in [-0.2, -0.15) is 5.10 Å². The van der Waals surface area contributed by atoms with Gasteiger partial charge in [0.2, 0.25) is 0 Å². The third-order valence-electron chi connectivity index (χ3n) is 2.85. The van der Waals surface area contributed by atoms with E-state index >= 15 is 0 Å². The summed E-state index contributed by atoms with van der Waals surface area (Å²) in [5.74, 6) is -0.129. The molecule has 1 atom stereocenters. The standard InChI is InChI=1S/C11H20ClN3O2S/c1-4-8(13)6-18(16,17)7-10-11(12)9(5-2)14-15(10)3/h8H,4-7,13H2,1-3H3. The molecule has 0 saturated heterocycles. The minimum Gasteiger partial charge on any atom is -0.327 e. The summed E-state index contributed by atoms with van der Waals surface area (Å²) >= 11 is 6.13. The molecule has 1 aromatic rings. The second-order valence-electron chi connectivity index (χ2n) is 4.41. The predicted molar refractivity (Wildman–Crippen MR) is 73.4 cm³/mol. The molecule has 1 unspecified atom stereocenters. The highest BCUT2D eigenvalue weighted by molar-refractivity contribution is 7.90. The molecule has 0 aliphatic heterocycles. The number of nitrogens with two attached hydrogens (primary N) is 1. The zero-order valence-electron chi connectivity index (χ0n) is 11.0. The first-order valence-corrected chi connectivity index (χ1v) is 8.16. The lowest BCUT2D eigenvalue weighted by molar-refractivity contribution is 0.580. The van der Waals surface area contributed by atoms with Gasteiger partial charge in [0, 0.05) is 13.1 Å². The monoisotopic (exact) mass is 293 g/mol. The Morgan fingerprint density at radius 3 is 2.50 bits per heavy atom. The number of rotatable bonds is 6. The van der Waals surface area contributed by atoms with Crippen LogP contribution in [0.3, 0.4) is 0 Å². The van der Waals surface area contributed by atoms with Gasteiger partial charge in [-0.05, 0) is 12.8 Å². The molecule has 1 rings (SSSR count). The van der Waals surface area contributed by atoms with E-state index in [1.54, 1.807) is 7.05 Å². The molecule has 0 bridgehead atoms. The van der Waals surface area contributed by atoms with E-state index in [2.05, 4.69) is 5.10 Å². The average molecular weight is 294 g/mol. The van der Waals surface area contributed by atoms with Crippen molar-refractivity contribution in [3.05, 3.63) is 16.4 Å². The summed E-state index contributed by atoms with van der Waals surface area (Å²) in [4.78, 5) is 0. The second-order valence-corrected chi connectivity index (χ2v) is 6.89. The van der Waals surface area contributed by atoms with E-state index in [1.807, 2.05) is 13.8 Å². The first-order valence-electron chi connectivity index (χ1n) is 5.97. The van der Waals surface area contributed by atoms with Crippen molar-refractivity contribution in [1.82, 2.24) is 9.78 Å². The number of hydrogen-bond acceptors (Lipinski definition) is 4. The van der Waals surface area contributed by atoms with Crippen molar-refractivity contribution in [2.45, 2.75) is 38.5 Å². The van der Waals surface area contributed by atoms with Crippen LogP contribution in [0.15, 0.2) is 0 Å². The highest BCUT2D eigenvalue weighted by Gasteiger charge is 2.22. The van der Waals surface area contributed by atoms with Crippen LogP contribution in [-0.2, 0) is 29.1 Å². The van der Waals surface area contributed by atoms with Crippen LogP contribution in [-0.4, -0.2) is 30.0 Å². The summed E-state index contributed by atoms with van der Waals surface area (Å²) in [6, 6.07) is -0.326. The lowest BCUT2D eigenvalue weighted by Crippen LogP contribution is -2.29. The van der Waals surface area contributed by atoms with Crippen molar-refractivity contribution in [2.24, 2.45) is 12.8 Å². The van der Waals surface area contributed by atoms with Crippen molar-refractivity contribution in [1.29, 1.82) is 0 Å². The molecule has 0 spiro atoms. The Bertz CT molecular complexity index is 511. The van der Waals surface area contributed by atoms with Crippen LogP contribution in [0, 0.1) is 0 Å². The third kappa shape index (κ3) is 3.70. The smallest absolute Gasteiger partial charge is 0.157 e. The average Bonchev–Trinajstić information content (AvgIpc) is 2.55. The summed E-state index contributed by atoms with van der Waals surface area (Å²) in [7, 11) is -1.55. The molecule has 0 radical (unpaired) electrons. The molecule has 104 valence electrons. The number of halogens is 1. The Labute approximate surface area is 113 Å². The van der Waals surface area contributed by atoms with Gasteiger partial charge in [0.15, 0.2) is 9.84 Å². The lowest BCUT2D eigenvalue weighted by atomic mass is 10.3. The van der Waals surface area contributed by atoms with E-state index in [9.17, 15) is 8.42 Å². The maximum Gasteiger partial charge on any atom is 0.157 e. The molecule has 1 heterocycles. The highest BCUT2D eigenvalue weighted by atomic mass is 35.5. The molecule has 0 aliphatic rings. The van der Waals surface area contributed by atoms with Crippen LogP contribution in [0.25, 0.3) is 0 Å². The predicted octanol–water partition coefficient (Wildman–Crippen LogP) is 1.29. The number of aromatic nitrogens is 2. The summed E-state index contributed by atoms with van der Waals surface area (Å²) in [5, 5.41) is 4.65. The van der Waals surface area contributed by atoms with E-state index in [4.69, 9.17) is 17.3 Å². The fourth-order valence-corrected chi connectivity index (χ4v) is 3.88. The first kappa shape index (κ1) is 15.5. The first-order chi connectivity index (χ1) is 8.30. The van der Waals surface area contributed by atoms with Crippen molar-refractivity contribution in [3.8, 4) is 0 Å². The molecule has 0 aromatic carbocycles. The summed E-state index contributed by atoms with van der Waals surface area (Å²) in [6.07, 6.45) is 1.32. The quantitative estimate of drug-likeness (QED) is 0.857. The number of hydrogen-bond donors (Lipinski definition) is 1. The van der Waals surface area contributed by atoms with E-state index in [-0.39, 0.29) is 17.5 Å². The Morgan fingerprint density at radius 2 is 2.06 bits per heavy atom. The van der Waals surface area contributed by atoms with Gasteiger partial charge < -0.3 is 5.73 Å². The van der Waals surface area contributed by atoms with Gasteiger partial charge >= 0.3 is 0 Å². The fraction of sp³-hybridized carbons (Fsp3) is 0.727. The van der Waals surface area contributed by atoms with Crippen molar-refractivity contribution in [2.75, 3.05) is 5.75 Å². The molecule has 1 aromatic heterocycles. The number of sulfone groups is 1. The van der Waals surface area contributed by atoms with Crippen molar-refractivity contribution >= 4 is 21.4 Å². The molecule has 7 heteroatoms. The molecule has 0 saturated carbocycles. The van der Waals surface area contributed by atoms with E-state index in [1.165, 1.54) is 4.68 Å². The summed E-state index contributed by atoms with van der Waals surface area (Å²) in [5.41, 5.74) is 6.95. The third-order valence-corrected chi connectivity index (χ3v) is 4.94. The van der Waals surface area contributed by atoms with Gasteiger partial charge in [-0.3, -0.25) is 4.68 Å². The molecule has 18 heavy (non-hydrogen) atoms. The molecule has 0 aliphatic carbocycles. The minimum absolute atomic E-state index is 0.0214. The lowest BCUT2D eigenvalue weighted by Gasteiger charge is -2.10. The van der Waals surface area contributed by atoms with E-state index in [0.717, 1.165) is 5.69 Å². The van der Waals surface area contributed by atoms with E-state index < -0.39 is 9.84 Å². The molecular formula is C11H20ClN3O2S. The van der Waals surface area contributed by atoms with Crippen molar-refractivity contribution in [3.63, 3.8) is 0 Å². The highest BCUT2D eigenvalue weighted by Crippen LogP contribution is 2.23. The van der Waals surface area contributed by atoms with Crippen LogP contribution >= 0.6 is 11.6 Å². The van der Waals surface area contributed by atoms with Crippen molar-refractivity contribution < 1.29 is 8.42 Å². The zero-order valence-corrected chi connectivity index (χ0v) is 12.6. The summed E-state index contributed by atoms with van der Waals surface area (Å²) < 4.78 is 25.5. The molecular weight excluding hydrogens is 274 g/mol. The van der Waals surface area contributed by atoms with Crippen LogP contribution in [0.4, 0.5) is 0 Å². The van der Waals surface area contributed by atoms with Crippen LogP contribution in [0.5, 0.6) is 0 Å². The van der Waals surface area contributed by atoms with Gasteiger partial charge in [0.05, 0.1) is 27.9 Å². The fourth-order valence-electron chi connectivity index (χ4n) is 1.69. The van der Waals surface area contributed by atoms with Gasteiger partial charge in [0.1, 0.15) is 0 Å². The normalized spacial score (nSPS) is 13.8. The summed E-state index contributed by atoms with van der Waals surface area (Å²) in [6.45, 7) is 3.80. The van der Waals surface area contributed by atoms with Crippen LogP contribution in [0.1, 0.15) is 31.7 Å². The SMILES string of the molecule is CCc1nn(C)c(CS(=O)(=O)CC(N)CC)c1Cl. The maximum atomic E-state index is 12.0. The van der Waals surface area contributed by atoms with Gasteiger partial charge in [0.25, 0.3) is 0 Å². The topological polar surface area (TPSA) is 78.0 Å². The molecule has 0 fully saturated rings. The van der Waals surface area contributed by atoms with Gasteiger partial charge in [-0.1, -0.05) is 25.4 Å². The van der Waals surface area contributed by atoms with Crippen LogP contribution < -0.4 is 5.73 Å². The Balaban J connectivity index is 2.94. The zero-order chi connectivity index (χ0) is 13.9. The van der Waals surface area contributed by atoms with E-state index in [0.29, 0.717) is 23.6 Å². The van der Waals surface area contributed by atoms with Gasteiger partial charge in [-0.15, -0.1) is 0 Å². The second kappa shape index (κ2) is 6.04. The Kier molecular flexibility index (Phi) is 5.19. The molecule has 0 amide bonds. The minimum atomic E-state index is -3.26. The maximum absolute atomic E-state index is 12.0. The van der Waals surface area contributed by atoms with Gasteiger partial charge in [-0.25, -0.2) is 8.42 Å². The molecule has 2 N–H and O–H groups in total. The Hall–Kier alpha value is -0.590. The Morgan fingerprint density at radius 1 is 1.44 bits per heavy atom. The number of nitrogens with zero attached hydrogens (tertiary/aromatic N) is 2. The molecule has 5 nitrogen and oxygen atoms in total. The number of aryl methyl sites for hydroxylation is 2. The van der Waals surface area contributed by atoms with Crippen LogP contribution in [0.2, 0.25) is 5.02 Å².